The van der Waals surface area contributed by atoms with Crippen LogP contribution >= 0.6 is 0 Å². The van der Waals surface area contributed by atoms with Gasteiger partial charge in [0.15, 0.2) is 0 Å². The van der Waals surface area contributed by atoms with Crippen molar-refractivity contribution in [3.05, 3.63) is 71.5 Å². The van der Waals surface area contributed by atoms with Gasteiger partial charge in [-0.2, -0.15) is 0 Å². The number of benzene rings is 2. The standard InChI is InChI=1S/C20H22N6O/c1-2-15-6-8-16(9-7-15)19-13-21-10-11-25(19)20(27)17-4-3-5-18(12-17)26-14-22-23-24-26/h3-9,12,14,19,21H,2,10-11,13H2,1H3. The van der Waals surface area contributed by atoms with Crippen molar-refractivity contribution in [2.45, 2.75) is 19.4 Å². The molecule has 27 heavy (non-hydrogen) atoms. The van der Waals surface area contributed by atoms with Gasteiger partial charge in [0, 0.05) is 25.2 Å². The zero-order chi connectivity index (χ0) is 18.6. The minimum Gasteiger partial charge on any atom is -0.329 e. The van der Waals surface area contributed by atoms with Crippen molar-refractivity contribution in [1.29, 1.82) is 0 Å². The minimum atomic E-state index is 0.0221. The average Bonchev–Trinajstić information content (AvgIpc) is 3.28. The van der Waals surface area contributed by atoms with Gasteiger partial charge in [0.1, 0.15) is 6.33 Å². The molecule has 1 saturated heterocycles. The van der Waals surface area contributed by atoms with E-state index in [1.165, 1.54) is 11.9 Å². The Bertz CT molecular complexity index is 906. The lowest BCUT2D eigenvalue weighted by Gasteiger charge is -2.36. The van der Waals surface area contributed by atoms with Crippen molar-refractivity contribution in [2.24, 2.45) is 0 Å². The van der Waals surface area contributed by atoms with Crippen LogP contribution in [0, 0.1) is 0 Å². The summed E-state index contributed by atoms with van der Waals surface area (Å²) in [5.74, 6) is 0.0241. The first-order chi connectivity index (χ1) is 13.3. The second-order valence-corrected chi connectivity index (χ2v) is 6.62. The molecule has 1 atom stereocenters. The third kappa shape index (κ3) is 3.59. The van der Waals surface area contributed by atoms with Crippen LogP contribution in [0.3, 0.4) is 0 Å². The van der Waals surface area contributed by atoms with Crippen LogP contribution in [0.15, 0.2) is 54.9 Å². The highest BCUT2D eigenvalue weighted by Crippen LogP contribution is 2.25. The first-order valence-electron chi connectivity index (χ1n) is 9.20. The van der Waals surface area contributed by atoms with Crippen LogP contribution in [0.1, 0.15) is 34.5 Å². The van der Waals surface area contributed by atoms with Crippen molar-refractivity contribution < 1.29 is 4.79 Å². The summed E-state index contributed by atoms with van der Waals surface area (Å²) in [5.41, 5.74) is 3.86. The topological polar surface area (TPSA) is 75.9 Å². The first-order valence-corrected chi connectivity index (χ1v) is 9.20. The van der Waals surface area contributed by atoms with Crippen LogP contribution in [0.2, 0.25) is 0 Å². The van der Waals surface area contributed by atoms with E-state index in [4.69, 9.17) is 0 Å². The molecular formula is C20H22N6O. The van der Waals surface area contributed by atoms with E-state index in [-0.39, 0.29) is 11.9 Å². The van der Waals surface area contributed by atoms with E-state index in [0.717, 1.165) is 30.8 Å². The van der Waals surface area contributed by atoms with Crippen LogP contribution in [-0.2, 0) is 6.42 Å². The Balaban J connectivity index is 1.61. The summed E-state index contributed by atoms with van der Waals surface area (Å²) in [6.07, 6.45) is 2.53. The summed E-state index contributed by atoms with van der Waals surface area (Å²) in [6, 6.07) is 16.0. The van der Waals surface area contributed by atoms with E-state index < -0.39 is 0 Å². The lowest BCUT2D eigenvalue weighted by atomic mass is 10.00. The smallest absolute Gasteiger partial charge is 0.254 e. The largest absolute Gasteiger partial charge is 0.329 e. The fraction of sp³-hybridized carbons (Fsp3) is 0.300. The van der Waals surface area contributed by atoms with Crippen molar-refractivity contribution >= 4 is 5.91 Å². The minimum absolute atomic E-state index is 0.0221. The highest BCUT2D eigenvalue weighted by molar-refractivity contribution is 5.95. The number of aromatic nitrogens is 4. The van der Waals surface area contributed by atoms with E-state index >= 15 is 0 Å². The molecule has 1 aliphatic rings. The van der Waals surface area contributed by atoms with Crippen molar-refractivity contribution in [3.63, 3.8) is 0 Å². The lowest BCUT2D eigenvalue weighted by Crippen LogP contribution is -2.48. The molecule has 2 aromatic carbocycles. The van der Waals surface area contributed by atoms with Gasteiger partial charge in [0.25, 0.3) is 5.91 Å². The Hall–Kier alpha value is -3.06. The van der Waals surface area contributed by atoms with Gasteiger partial charge < -0.3 is 10.2 Å². The molecule has 1 unspecified atom stereocenters. The van der Waals surface area contributed by atoms with E-state index in [1.807, 2.05) is 29.2 Å². The Kier molecular flexibility index (Phi) is 4.93. The number of rotatable bonds is 4. The summed E-state index contributed by atoms with van der Waals surface area (Å²) in [6.45, 7) is 4.37. The van der Waals surface area contributed by atoms with E-state index in [2.05, 4.69) is 52.0 Å². The molecule has 0 saturated carbocycles. The van der Waals surface area contributed by atoms with Crippen LogP contribution in [-0.4, -0.2) is 50.6 Å². The Morgan fingerprint density at radius 1 is 1.22 bits per heavy atom. The molecule has 4 rings (SSSR count). The van der Waals surface area contributed by atoms with Gasteiger partial charge in [-0.05, 0) is 46.2 Å². The number of nitrogens with zero attached hydrogens (tertiary/aromatic N) is 5. The van der Waals surface area contributed by atoms with Crippen molar-refractivity contribution in [3.8, 4) is 5.69 Å². The maximum absolute atomic E-state index is 13.3. The molecule has 0 bridgehead atoms. The average molecular weight is 362 g/mol. The number of amides is 1. The molecule has 7 heteroatoms. The van der Waals surface area contributed by atoms with Gasteiger partial charge in [-0.3, -0.25) is 4.79 Å². The van der Waals surface area contributed by atoms with Crippen molar-refractivity contribution in [1.82, 2.24) is 30.4 Å². The molecule has 1 aromatic heterocycles. The molecule has 1 amide bonds. The van der Waals surface area contributed by atoms with Gasteiger partial charge in [-0.1, -0.05) is 37.3 Å². The number of tetrazole rings is 1. The number of carbonyl (C=O) groups is 1. The molecule has 1 aliphatic heterocycles. The molecule has 1 fully saturated rings. The summed E-state index contributed by atoms with van der Waals surface area (Å²) in [5, 5.41) is 14.6. The molecule has 0 radical (unpaired) electrons. The normalized spacial score (nSPS) is 17.1. The van der Waals surface area contributed by atoms with E-state index in [0.29, 0.717) is 12.1 Å². The maximum Gasteiger partial charge on any atom is 0.254 e. The lowest BCUT2D eigenvalue weighted by molar-refractivity contribution is 0.0634. The zero-order valence-corrected chi connectivity index (χ0v) is 15.2. The fourth-order valence-corrected chi connectivity index (χ4v) is 3.45. The molecule has 138 valence electrons. The zero-order valence-electron chi connectivity index (χ0n) is 15.2. The molecule has 0 aliphatic carbocycles. The quantitative estimate of drug-likeness (QED) is 0.768. The fourth-order valence-electron chi connectivity index (χ4n) is 3.45. The van der Waals surface area contributed by atoms with E-state index in [1.54, 1.807) is 4.68 Å². The van der Waals surface area contributed by atoms with Gasteiger partial charge in [0.05, 0.1) is 11.7 Å². The Morgan fingerprint density at radius 2 is 2.07 bits per heavy atom. The second kappa shape index (κ2) is 7.67. The number of carbonyl (C=O) groups excluding carboxylic acids is 1. The third-order valence-corrected chi connectivity index (χ3v) is 4.98. The summed E-state index contributed by atoms with van der Waals surface area (Å²) < 4.78 is 1.55. The van der Waals surface area contributed by atoms with Gasteiger partial charge in [0.2, 0.25) is 0 Å². The molecular weight excluding hydrogens is 340 g/mol. The molecule has 7 nitrogen and oxygen atoms in total. The summed E-state index contributed by atoms with van der Waals surface area (Å²) in [7, 11) is 0. The highest BCUT2D eigenvalue weighted by Gasteiger charge is 2.28. The van der Waals surface area contributed by atoms with Gasteiger partial charge >= 0.3 is 0 Å². The second-order valence-electron chi connectivity index (χ2n) is 6.62. The van der Waals surface area contributed by atoms with Crippen LogP contribution in [0.5, 0.6) is 0 Å². The van der Waals surface area contributed by atoms with Crippen LogP contribution in [0.25, 0.3) is 5.69 Å². The van der Waals surface area contributed by atoms with E-state index in [9.17, 15) is 4.79 Å². The summed E-state index contributed by atoms with van der Waals surface area (Å²) >= 11 is 0. The Morgan fingerprint density at radius 3 is 2.81 bits per heavy atom. The van der Waals surface area contributed by atoms with Gasteiger partial charge in [-0.25, -0.2) is 4.68 Å². The molecule has 1 N–H and O–H groups in total. The number of nitrogens with one attached hydrogen (secondary N) is 1. The molecule has 2 heterocycles. The SMILES string of the molecule is CCc1ccc(C2CNCCN2C(=O)c2cccc(-n3cnnn3)c2)cc1. The van der Waals surface area contributed by atoms with Crippen LogP contribution < -0.4 is 5.32 Å². The first kappa shape index (κ1) is 17.4. The maximum atomic E-state index is 13.3. The monoisotopic (exact) mass is 362 g/mol. The molecule has 0 spiro atoms. The Labute approximate surface area is 158 Å². The number of aryl methyl sites for hydroxylation is 1. The highest BCUT2D eigenvalue weighted by atomic mass is 16.2. The number of hydrogen-bond acceptors (Lipinski definition) is 5. The number of piperazine rings is 1. The van der Waals surface area contributed by atoms with Gasteiger partial charge in [-0.15, -0.1) is 5.10 Å². The third-order valence-electron chi connectivity index (χ3n) is 4.98. The predicted molar refractivity (Wildman–Crippen MR) is 102 cm³/mol. The van der Waals surface area contributed by atoms with Crippen LogP contribution in [0.4, 0.5) is 0 Å². The predicted octanol–water partition coefficient (Wildman–Crippen LogP) is 2.01. The number of hydrogen-bond donors (Lipinski definition) is 1. The molecule has 3 aromatic rings. The summed E-state index contributed by atoms with van der Waals surface area (Å²) in [4.78, 5) is 15.2. The van der Waals surface area contributed by atoms with Crippen molar-refractivity contribution in [2.75, 3.05) is 19.6 Å².